The predicted octanol–water partition coefficient (Wildman–Crippen LogP) is 4.32. The lowest BCUT2D eigenvalue weighted by Gasteiger charge is -2.30. The monoisotopic (exact) mass is 499 g/mol. The number of halogens is 2. The van der Waals surface area contributed by atoms with Gasteiger partial charge >= 0.3 is 0 Å². The number of ether oxygens (including phenoxy) is 1. The van der Waals surface area contributed by atoms with Gasteiger partial charge in [-0.1, -0.05) is 19.1 Å². The van der Waals surface area contributed by atoms with Crippen molar-refractivity contribution in [3.63, 3.8) is 0 Å². The van der Waals surface area contributed by atoms with Crippen LogP contribution in [-0.4, -0.2) is 62.6 Å². The lowest BCUT2D eigenvalue weighted by atomic mass is 9.83. The number of fused-ring (bicyclic) bond motifs is 1. The summed E-state index contributed by atoms with van der Waals surface area (Å²) in [4.78, 5) is 31.8. The van der Waals surface area contributed by atoms with Crippen LogP contribution in [0.3, 0.4) is 0 Å². The maximum Gasteiger partial charge on any atom is 0.296 e. The van der Waals surface area contributed by atoms with Crippen molar-refractivity contribution >= 4 is 28.7 Å². The number of carbonyl (C=O) groups is 1. The number of nitrogens with zero attached hydrogens (tertiary/aromatic N) is 6. The number of hydrogen-bond acceptors (Lipinski definition) is 8. The minimum absolute atomic E-state index is 0.111. The molecule has 3 heterocycles. The molecule has 0 atom stereocenters. The number of Topliss-reactive ketones (excluding diaryl/α,β-unsaturated/α-hetero) is 1. The van der Waals surface area contributed by atoms with E-state index >= 15 is 0 Å². The molecule has 3 aromatic rings. The maximum absolute atomic E-state index is 14.0. The quantitative estimate of drug-likeness (QED) is 0.489. The van der Waals surface area contributed by atoms with Crippen LogP contribution in [0, 0.1) is 5.92 Å². The van der Waals surface area contributed by atoms with Crippen LogP contribution in [-0.2, 0) is 9.53 Å². The number of benzene rings is 1. The summed E-state index contributed by atoms with van der Waals surface area (Å²) in [7, 11) is 0. The Morgan fingerprint density at radius 1 is 1.06 bits per heavy atom. The molecule has 1 aliphatic carbocycles. The number of aromatic nitrogens is 5. The van der Waals surface area contributed by atoms with Gasteiger partial charge in [0.15, 0.2) is 5.82 Å². The summed E-state index contributed by atoms with van der Waals surface area (Å²) >= 11 is 0. The summed E-state index contributed by atoms with van der Waals surface area (Å²) in [6, 6.07) is 7.11. The van der Waals surface area contributed by atoms with Crippen LogP contribution in [0.25, 0.3) is 17.0 Å². The van der Waals surface area contributed by atoms with Gasteiger partial charge in [-0.25, -0.2) is 13.8 Å². The van der Waals surface area contributed by atoms with Gasteiger partial charge in [-0.05, 0) is 43.7 Å². The van der Waals surface area contributed by atoms with Gasteiger partial charge in [0.25, 0.3) is 6.43 Å². The highest BCUT2D eigenvalue weighted by Gasteiger charge is 2.26. The summed E-state index contributed by atoms with van der Waals surface area (Å²) in [5, 5.41) is 3.42. The summed E-state index contributed by atoms with van der Waals surface area (Å²) in [5.41, 5.74) is 0.967. The molecular weight excluding hydrogens is 468 g/mol. The molecule has 0 amide bonds. The number of nitrogens with one attached hydrogen (secondary N) is 1. The molecule has 192 valence electrons. The number of anilines is 2. The standard InChI is InChI=1S/C25H31F2N7O2/c1-2-18(35)15-16-7-9-17(10-8-16)28-23-30-24(33-11-13-36-14-12-33)32-25(31-23)34-20-6-4-3-5-19(20)29-22(34)21(26)27/h3-6,16-17,21H,2,7-15H2,1H3,(H,28,30,31,32). The SMILES string of the molecule is CCC(=O)CC1CCC(Nc2nc(N3CCOCC3)nc(-n3c(C(F)F)nc4ccccc43)n2)CC1. The third-order valence-electron chi connectivity index (χ3n) is 6.98. The molecule has 0 radical (unpaired) electrons. The highest BCUT2D eigenvalue weighted by molar-refractivity contribution is 5.78. The Hall–Kier alpha value is -3.21. The number of para-hydroxylation sites is 2. The second-order valence-corrected chi connectivity index (χ2v) is 9.41. The molecule has 0 spiro atoms. The van der Waals surface area contributed by atoms with Crippen LogP contribution in [0.5, 0.6) is 0 Å². The van der Waals surface area contributed by atoms with Crippen LogP contribution < -0.4 is 10.2 Å². The van der Waals surface area contributed by atoms with Crippen molar-refractivity contribution in [2.24, 2.45) is 5.92 Å². The summed E-state index contributed by atoms with van der Waals surface area (Å²) in [5.74, 6) is 1.21. The Balaban J connectivity index is 1.46. The highest BCUT2D eigenvalue weighted by atomic mass is 19.3. The average Bonchev–Trinajstić information content (AvgIpc) is 3.30. The summed E-state index contributed by atoms with van der Waals surface area (Å²) in [6.45, 7) is 4.20. The van der Waals surface area contributed by atoms with Gasteiger partial charge in [0.2, 0.25) is 17.8 Å². The molecule has 2 fully saturated rings. The second kappa shape index (κ2) is 10.8. The first-order valence-corrected chi connectivity index (χ1v) is 12.6. The Labute approximate surface area is 208 Å². The maximum atomic E-state index is 14.0. The molecule has 0 unspecified atom stereocenters. The van der Waals surface area contributed by atoms with Crippen molar-refractivity contribution in [2.75, 3.05) is 36.5 Å². The van der Waals surface area contributed by atoms with E-state index in [1.165, 1.54) is 4.57 Å². The molecule has 36 heavy (non-hydrogen) atoms. The molecule has 1 aliphatic heterocycles. The number of ketones is 1. The first-order chi connectivity index (χ1) is 17.5. The number of hydrogen-bond donors (Lipinski definition) is 1. The van der Waals surface area contributed by atoms with Crippen molar-refractivity contribution < 1.29 is 18.3 Å². The molecule has 1 saturated carbocycles. The molecule has 11 heteroatoms. The summed E-state index contributed by atoms with van der Waals surface area (Å²) in [6.07, 6.45) is 2.14. The van der Waals surface area contributed by atoms with Crippen molar-refractivity contribution in [1.82, 2.24) is 24.5 Å². The zero-order chi connectivity index (χ0) is 25.1. The topological polar surface area (TPSA) is 98.1 Å². The Morgan fingerprint density at radius 2 is 1.78 bits per heavy atom. The van der Waals surface area contributed by atoms with E-state index in [4.69, 9.17) is 4.74 Å². The van der Waals surface area contributed by atoms with Crippen molar-refractivity contribution in [1.29, 1.82) is 0 Å². The molecule has 0 bridgehead atoms. The van der Waals surface area contributed by atoms with Crippen LogP contribution in [0.2, 0.25) is 0 Å². The van der Waals surface area contributed by atoms with Gasteiger partial charge < -0.3 is 15.0 Å². The van der Waals surface area contributed by atoms with E-state index in [2.05, 4.69) is 25.3 Å². The van der Waals surface area contributed by atoms with Crippen LogP contribution in [0.15, 0.2) is 24.3 Å². The minimum atomic E-state index is -2.79. The Morgan fingerprint density at radius 3 is 2.50 bits per heavy atom. The predicted molar refractivity (Wildman–Crippen MR) is 132 cm³/mol. The fourth-order valence-corrected chi connectivity index (χ4v) is 4.98. The van der Waals surface area contributed by atoms with E-state index in [1.54, 1.807) is 24.3 Å². The van der Waals surface area contributed by atoms with E-state index in [9.17, 15) is 13.6 Å². The van der Waals surface area contributed by atoms with Crippen LogP contribution in [0.1, 0.15) is 57.7 Å². The number of alkyl halides is 2. The molecule has 5 rings (SSSR count). The largest absolute Gasteiger partial charge is 0.378 e. The zero-order valence-corrected chi connectivity index (χ0v) is 20.4. The Bertz CT molecular complexity index is 1200. The van der Waals surface area contributed by atoms with Gasteiger partial charge in [0.1, 0.15) is 5.78 Å². The van der Waals surface area contributed by atoms with E-state index in [1.807, 2.05) is 11.8 Å². The van der Waals surface area contributed by atoms with E-state index in [0.29, 0.717) is 73.8 Å². The number of morpholine rings is 1. The van der Waals surface area contributed by atoms with Gasteiger partial charge in [0.05, 0.1) is 24.2 Å². The molecule has 1 aromatic carbocycles. The highest BCUT2D eigenvalue weighted by Crippen LogP contribution is 2.30. The number of rotatable bonds is 8. The number of imidazole rings is 1. The van der Waals surface area contributed by atoms with Gasteiger partial charge in [-0.15, -0.1) is 0 Å². The lowest BCUT2D eigenvalue weighted by Crippen LogP contribution is -2.38. The molecule has 1 saturated heterocycles. The van der Waals surface area contributed by atoms with Crippen LogP contribution >= 0.6 is 0 Å². The molecule has 2 aliphatic rings. The van der Waals surface area contributed by atoms with Crippen molar-refractivity contribution in [3.8, 4) is 5.95 Å². The fraction of sp³-hybridized carbons (Fsp3) is 0.560. The van der Waals surface area contributed by atoms with Gasteiger partial charge in [0, 0.05) is 32.0 Å². The minimum Gasteiger partial charge on any atom is -0.378 e. The summed E-state index contributed by atoms with van der Waals surface area (Å²) < 4.78 is 34.8. The second-order valence-electron chi connectivity index (χ2n) is 9.41. The molecule has 1 N–H and O–H groups in total. The van der Waals surface area contributed by atoms with Gasteiger partial charge in [-0.2, -0.15) is 15.0 Å². The normalized spacial score (nSPS) is 20.7. The van der Waals surface area contributed by atoms with Crippen LogP contribution in [0.4, 0.5) is 20.7 Å². The fourth-order valence-electron chi connectivity index (χ4n) is 4.98. The number of carbonyl (C=O) groups excluding carboxylic acids is 1. The Kier molecular flexibility index (Phi) is 7.35. The average molecular weight is 500 g/mol. The molecule has 2 aromatic heterocycles. The smallest absolute Gasteiger partial charge is 0.296 e. The van der Waals surface area contributed by atoms with Gasteiger partial charge in [-0.3, -0.25) is 9.36 Å². The zero-order valence-electron chi connectivity index (χ0n) is 20.4. The van der Waals surface area contributed by atoms with E-state index < -0.39 is 12.2 Å². The first kappa shape index (κ1) is 24.5. The lowest BCUT2D eigenvalue weighted by molar-refractivity contribution is -0.119. The third-order valence-corrected chi connectivity index (χ3v) is 6.98. The third kappa shape index (κ3) is 5.30. The molecule has 9 nitrogen and oxygen atoms in total. The van der Waals surface area contributed by atoms with Crippen molar-refractivity contribution in [3.05, 3.63) is 30.1 Å². The van der Waals surface area contributed by atoms with Crippen molar-refractivity contribution in [2.45, 2.75) is 57.9 Å². The van der Waals surface area contributed by atoms with E-state index in [0.717, 1.165) is 25.7 Å². The molecular formula is C25H31F2N7O2. The first-order valence-electron chi connectivity index (χ1n) is 12.6. The van der Waals surface area contributed by atoms with E-state index in [-0.39, 0.29) is 12.0 Å².